The first kappa shape index (κ1) is 37.6. The number of aromatic nitrogens is 1. The molecule has 2 heterocycles. The van der Waals surface area contributed by atoms with Crippen molar-refractivity contribution in [2.24, 2.45) is 17.3 Å². The minimum Gasteiger partial charge on any atom is -0.497 e. The van der Waals surface area contributed by atoms with E-state index in [2.05, 4.69) is 21.6 Å². The summed E-state index contributed by atoms with van der Waals surface area (Å²) in [5.74, 6) is -1.11. The van der Waals surface area contributed by atoms with E-state index in [4.69, 9.17) is 14.2 Å². The Hall–Kier alpha value is -4.20. The van der Waals surface area contributed by atoms with Gasteiger partial charge in [-0.25, -0.2) is 18.2 Å². The highest BCUT2D eigenvalue weighted by Gasteiger charge is 2.61. The number of ketones is 1. The Morgan fingerprint density at radius 2 is 1.83 bits per heavy atom. The topological polar surface area (TPSA) is 170 Å². The summed E-state index contributed by atoms with van der Waals surface area (Å²) in [5.41, 5.74) is -2.08. The van der Waals surface area contributed by atoms with Crippen LogP contribution in [0.5, 0.6) is 11.6 Å². The molecular formula is C38H50N4O9S. The van der Waals surface area contributed by atoms with Crippen molar-refractivity contribution >= 4 is 44.5 Å². The van der Waals surface area contributed by atoms with Crippen molar-refractivity contribution in [2.75, 3.05) is 13.7 Å². The lowest BCUT2D eigenvalue weighted by molar-refractivity contribution is -0.141. The second-order valence-electron chi connectivity index (χ2n) is 15.7. The third kappa shape index (κ3) is 8.21. The molecule has 1 saturated heterocycles. The number of hydrogen-bond acceptors (Lipinski definition) is 10. The van der Waals surface area contributed by atoms with Crippen LogP contribution >= 0.6 is 0 Å². The average molecular weight is 739 g/mol. The van der Waals surface area contributed by atoms with E-state index in [0.717, 1.165) is 42.9 Å². The van der Waals surface area contributed by atoms with Crippen molar-refractivity contribution in [2.45, 2.75) is 114 Å². The number of Topliss-reactive ketones (excluding diaryl/α,β-unsaturated/α-hetero) is 1. The molecule has 4 fully saturated rings. The van der Waals surface area contributed by atoms with Crippen LogP contribution in [0, 0.1) is 17.3 Å². The number of pyridine rings is 1. The Bertz CT molecular complexity index is 1830. The van der Waals surface area contributed by atoms with Gasteiger partial charge >= 0.3 is 6.09 Å². The van der Waals surface area contributed by atoms with E-state index in [1.807, 2.05) is 18.2 Å². The van der Waals surface area contributed by atoms with Gasteiger partial charge in [0, 0.05) is 24.4 Å². The van der Waals surface area contributed by atoms with Gasteiger partial charge in [-0.1, -0.05) is 25.3 Å². The number of carbonyl (C=O) groups is 4. The second kappa shape index (κ2) is 14.7. The minimum absolute atomic E-state index is 0.0306. The molecule has 13 nitrogen and oxygen atoms in total. The van der Waals surface area contributed by atoms with E-state index < -0.39 is 74.1 Å². The van der Waals surface area contributed by atoms with Gasteiger partial charge in [0.1, 0.15) is 23.5 Å². The minimum atomic E-state index is -3.85. The first-order valence-corrected chi connectivity index (χ1v) is 19.8. The number of carbonyl (C=O) groups excluding carboxylic acids is 4. The van der Waals surface area contributed by atoms with Gasteiger partial charge in [0.25, 0.3) is 0 Å². The zero-order chi connectivity index (χ0) is 37.4. The molecule has 3 aliphatic carbocycles. The number of fused-ring (bicyclic) bond motifs is 1. The Morgan fingerprint density at radius 1 is 1.10 bits per heavy atom. The number of methoxy groups -OCH3 is 1. The molecule has 2 N–H and O–H groups in total. The van der Waals surface area contributed by atoms with Crippen molar-refractivity contribution in [3.8, 4) is 11.6 Å². The number of allylic oxidation sites excluding steroid dienone is 1. The number of nitrogens with zero attached hydrogens (tertiary/aromatic N) is 2. The summed E-state index contributed by atoms with van der Waals surface area (Å²) in [6.07, 6.45) is 7.16. The first-order chi connectivity index (χ1) is 24.6. The molecule has 6 rings (SSSR count). The lowest BCUT2D eigenvalue weighted by atomic mass is 9.83. The Kier molecular flexibility index (Phi) is 10.6. The van der Waals surface area contributed by atoms with E-state index in [1.165, 1.54) is 4.90 Å². The summed E-state index contributed by atoms with van der Waals surface area (Å²) < 4.78 is 45.1. The first-order valence-electron chi connectivity index (χ1n) is 18.2. The summed E-state index contributed by atoms with van der Waals surface area (Å²) >= 11 is 0. The maximum absolute atomic E-state index is 14.7. The predicted molar refractivity (Wildman–Crippen MR) is 193 cm³/mol. The van der Waals surface area contributed by atoms with Crippen LogP contribution in [0.25, 0.3) is 10.8 Å². The number of hydrogen-bond donors (Lipinski definition) is 2. The van der Waals surface area contributed by atoms with E-state index in [-0.39, 0.29) is 31.7 Å². The lowest BCUT2D eigenvalue weighted by Crippen LogP contribution is -2.56. The molecule has 0 unspecified atom stereocenters. The van der Waals surface area contributed by atoms with Gasteiger partial charge in [0.2, 0.25) is 27.7 Å². The SMILES string of the molecule is C=C[C@@H]1C[C@]1(CC(=O)[C@@H]1C[C@@H](Oc2nccc3cc(OC)ccc23)CN1C(=O)[C@@H](NC(=O)OC(C)(C)C)C1CCCCC1)C(=O)NS(=O)(=O)C1CC1. The molecule has 3 saturated carbocycles. The lowest BCUT2D eigenvalue weighted by Gasteiger charge is -2.35. The van der Waals surface area contributed by atoms with Gasteiger partial charge in [0.05, 0.1) is 30.4 Å². The quantitative estimate of drug-likeness (QED) is 0.272. The van der Waals surface area contributed by atoms with E-state index in [9.17, 15) is 27.6 Å². The number of rotatable bonds is 13. The molecular weight excluding hydrogens is 689 g/mol. The maximum Gasteiger partial charge on any atom is 0.408 e. The molecule has 4 aliphatic rings. The zero-order valence-electron chi connectivity index (χ0n) is 30.4. The van der Waals surface area contributed by atoms with Crippen molar-refractivity contribution in [1.82, 2.24) is 19.9 Å². The summed E-state index contributed by atoms with van der Waals surface area (Å²) in [6.45, 7) is 9.09. The van der Waals surface area contributed by atoms with E-state index in [1.54, 1.807) is 46.2 Å². The molecule has 282 valence electrons. The summed E-state index contributed by atoms with van der Waals surface area (Å²) in [4.78, 5) is 61.7. The van der Waals surface area contributed by atoms with Crippen LogP contribution in [0.4, 0.5) is 4.79 Å². The molecule has 0 radical (unpaired) electrons. The van der Waals surface area contributed by atoms with Gasteiger partial charge in [0.15, 0.2) is 5.78 Å². The van der Waals surface area contributed by atoms with Crippen LogP contribution in [0.3, 0.4) is 0 Å². The normalized spacial score (nSPS) is 25.5. The van der Waals surface area contributed by atoms with Gasteiger partial charge in [-0.05, 0) is 94.4 Å². The van der Waals surface area contributed by atoms with Crippen molar-refractivity contribution in [3.63, 3.8) is 0 Å². The Balaban J connectivity index is 1.29. The molecule has 0 spiro atoms. The Morgan fingerprint density at radius 3 is 2.46 bits per heavy atom. The molecule has 2 aromatic rings. The zero-order valence-corrected chi connectivity index (χ0v) is 31.2. The molecule has 3 amide bonds. The fourth-order valence-corrected chi connectivity index (χ4v) is 9.09. The summed E-state index contributed by atoms with van der Waals surface area (Å²) in [6, 6.07) is 5.37. The third-order valence-electron chi connectivity index (χ3n) is 10.7. The molecule has 14 heteroatoms. The largest absolute Gasteiger partial charge is 0.497 e. The number of alkyl carbamates (subject to hydrolysis) is 1. The molecule has 0 bridgehead atoms. The van der Waals surface area contributed by atoms with Gasteiger partial charge < -0.3 is 24.4 Å². The molecule has 52 heavy (non-hydrogen) atoms. The van der Waals surface area contributed by atoms with Crippen molar-refractivity contribution in [1.29, 1.82) is 0 Å². The van der Waals surface area contributed by atoms with Crippen LogP contribution in [0.15, 0.2) is 43.1 Å². The fourth-order valence-electron chi connectivity index (χ4n) is 7.71. The summed E-state index contributed by atoms with van der Waals surface area (Å²) in [5, 5.41) is 3.79. The molecule has 1 aromatic heterocycles. The predicted octanol–water partition coefficient (Wildman–Crippen LogP) is 4.83. The highest BCUT2D eigenvalue weighted by Crippen LogP contribution is 2.57. The van der Waals surface area contributed by atoms with Crippen molar-refractivity contribution in [3.05, 3.63) is 43.1 Å². The summed E-state index contributed by atoms with van der Waals surface area (Å²) in [7, 11) is -2.27. The molecule has 5 atom stereocenters. The Labute approximate surface area is 305 Å². The number of likely N-dealkylation sites (tertiary alicyclic amines) is 1. The maximum atomic E-state index is 14.7. The third-order valence-corrected chi connectivity index (χ3v) is 12.6. The second-order valence-corrected chi connectivity index (χ2v) is 17.7. The van der Waals surface area contributed by atoms with Crippen LogP contribution in [-0.2, 0) is 29.1 Å². The monoisotopic (exact) mass is 738 g/mol. The van der Waals surface area contributed by atoms with Crippen LogP contribution in [0.2, 0.25) is 0 Å². The highest BCUT2D eigenvalue weighted by atomic mass is 32.2. The number of ether oxygens (including phenoxy) is 3. The number of benzene rings is 1. The molecule has 1 aromatic carbocycles. The number of amides is 3. The molecule has 1 aliphatic heterocycles. The van der Waals surface area contributed by atoms with Gasteiger partial charge in [-0.2, -0.15) is 0 Å². The van der Waals surface area contributed by atoms with Crippen LogP contribution in [-0.4, -0.2) is 84.7 Å². The van der Waals surface area contributed by atoms with E-state index in [0.29, 0.717) is 24.5 Å². The standard InChI is InChI=1S/C38H50N4O9S/c1-6-25-20-38(25,35(45)41-52(47,48)28-13-14-28)21-31(43)30-19-27(50-33-29-15-12-26(49-5)18-24(29)16-17-39-33)22-42(30)34(44)32(23-10-8-7-9-11-23)40-36(46)51-37(2,3)4/h6,12,15-18,23,25,27-28,30,32H,1,7-11,13-14,19-22H2,2-5H3,(H,40,46)(H,41,45)/t25-,27-,30+,32+,38-/m1/s1. The van der Waals surface area contributed by atoms with Gasteiger partial charge in [-0.15, -0.1) is 6.58 Å². The van der Waals surface area contributed by atoms with Gasteiger partial charge in [-0.3, -0.25) is 19.1 Å². The smallest absolute Gasteiger partial charge is 0.408 e. The number of sulfonamides is 1. The average Bonchev–Trinajstić information content (AvgIpc) is 4.03. The van der Waals surface area contributed by atoms with Crippen LogP contribution in [0.1, 0.15) is 85.0 Å². The van der Waals surface area contributed by atoms with Crippen molar-refractivity contribution < 1.29 is 41.8 Å². The van der Waals surface area contributed by atoms with Crippen LogP contribution < -0.4 is 19.5 Å². The highest BCUT2D eigenvalue weighted by molar-refractivity contribution is 7.90. The number of nitrogens with one attached hydrogen (secondary N) is 2. The van der Waals surface area contributed by atoms with E-state index >= 15 is 0 Å². The fraction of sp³-hybridized carbons (Fsp3) is 0.605.